The second-order valence-electron chi connectivity index (χ2n) is 3.44. The van der Waals surface area contributed by atoms with Gasteiger partial charge in [-0.1, -0.05) is 6.08 Å². The van der Waals surface area contributed by atoms with Gasteiger partial charge < -0.3 is 5.73 Å². The first-order chi connectivity index (χ1) is 6.79. The van der Waals surface area contributed by atoms with Crippen molar-refractivity contribution in [2.75, 3.05) is 5.73 Å². The van der Waals surface area contributed by atoms with E-state index in [2.05, 4.69) is 0 Å². The van der Waals surface area contributed by atoms with Gasteiger partial charge in [-0.25, -0.2) is 0 Å². The van der Waals surface area contributed by atoms with Gasteiger partial charge in [0.1, 0.15) is 0 Å². The maximum absolute atomic E-state index is 11.9. The number of nitrogens with two attached hydrogens (primary N) is 1. The summed E-state index contributed by atoms with van der Waals surface area (Å²) in [6.45, 7) is 3.54. The molecule has 0 aliphatic carbocycles. The fraction of sp³-hybridized carbons (Fsp3) is 0.273. The van der Waals surface area contributed by atoms with Crippen LogP contribution in [0.4, 0.5) is 18.9 Å². The third-order valence-corrected chi connectivity index (χ3v) is 2.08. The second kappa shape index (κ2) is 3.96. The minimum Gasteiger partial charge on any atom is -0.398 e. The van der Waals surface area contributed by atoms with Gasteiger partial charge in [0.25, 0.3) is 0 Å². The number of aryl methyl sites for hydroxylation is 2. The average molecular weight is 215 g/mol. The average Bonchev–Trinajstić information content (AvgIpc) is 2.09. The number of nitrogen functional groups attached to an aromatic ring is 1. The fourth-order valence-electron chi connectivity index (χ4n) is 1.30. The lowest BCUT2D eigenvalue weighted by atomic mass is 10.0. The van der Waals surface area contributed by atoms with E-state index in [1.165, 1.54) is 0 Å². The lowest BCUT2D eigenvalue weighted by Gasteiger charge is -2.06. The summed E-state index contributed by atoms with van der Waals surface area (Å²) >= 11 is 0. The molecular formula is C11H12F3N. The standard InChI is InChI=1S/C11H12F3N/c1-7-5-9(3-4-11(12,13)14)6-8(2)10(7)15/h3-6H,15H2,1-2H3. The van der Waals surface area contributed by atoms with E-state index in [1.807, 2.05) is 0 Å². The zero-order chi connectivity index (χ0) is 11.6. The van der Waals surface area contributed by atoms with Gasteiger partial charge >= 0.3 is 6.18 Å². The molecule has 1 aromatic carbocycles. The van der Waals surface area contributed by atoms with E-state index in [4.69, 9.17) is 5.73 Å². The molecule has 15 heavy (non-hydrogen) atoms. The number of anilines is 1. The van der Waals surface area contributed by atoms with E-state index in [9.17, 15) is 13.2 Å². The Morgan fingerprint density at radius 2 is 1.60 bits per heavy atom. The molecule has 0 heterocycles. The summed E-state index contributed by atoms with van der Waals surface area (Å²) < 4.78 is 35.7. The van der Waals surface area contributed by atoms with Crippen LogP contribution < -0.4 is 5.73 Å². The molecule has 2 N–H and O–H groups in total. The van der Waals surface area contributed by atoms with Gasteiger partial charge in [-0.05, 0) is 42.7 Å². The molecule has 0 aromatic heterocycles. The Labute approximate surface area is 86.4 Å². The number of rotatable bonds is 1. The lowest BCUT2D eigenvalue weighted by Crippen LogP contribution is -2.00. The van der Waals surface area contributed by atoms with E-state index in [0.29, 0.717) is 11.3 Å². The van der Waals surface area contributed by atoms with Gasteiger partial charge in [0, 0.05) is 11.8 Å². The van der Waals surface area contributed by atoms with Gasteiger partial charge in [0.05, 0.1) is 0 Å². The van der Waals surface area contributed by atoms with Crippen LogP contribution in [0.3, 0.4) is 0 Å². The Kier molecular flexibility index (Phi) is 3.07. The predicted molar refractivity (Wildman–Crippen MR) is 55.4 cm³/mol. The minimum absolute atomic E-state index is 0.220. The van der Waals surface area contributed by atoms with Gasteiger partial charge in [-0.3, -0.25) is 0 Å². The topological polar surface area (TPSA) is 26.0 Å². The highest BCUT2D eigenvalue weighted by molar-refractivity contribution is 5.61. The molecule has 1 aromatic rings. The smallest absolute Gasteiger partial charge is 0.398 e. The molecular weight excluding hydrogens is 203 g/mol. The zero-order valence-corrected chi connectivity index (χ0v) is 8.52. The normalized spacial score (nSPS) is 12.3. The largest absolute Gasteiger partial charge is 0.409 e. The summed E-state index contributed by atoms with van der Waals surface area (Å²) in [4.78, 5) is 0. The zero-order valence-electron chi connectivity index (χ0n) is 8.52. The van der Waals surface area contributed by atoms with Crippen molar-refractivity contribution in [3.8, 4) is 0 Å². The molecule has 0 saturated carbocycles. The molecule has 0 fully saturated rings. The Morgan fingerprint density at radius 3 is 2.00 bits per heavy atom. The third-order valence-electron chi connectivity index (χ3n) is 2.08. The molecule has 0 saturated heterocycles. The highest BCUT2D eigenvalue weighted by Gasteiger charge is 2.21. The van der Waals surface area contributed by atoms with Crippen LogP contribution in [0.2, 0.25) is 0 Å². The number of hydrogen-bond donors (Lipinski definition) is 1. The molecule has 0 amide bonds. The number of benzene rings is 1. The van der Waals surface area contributed by atoms with Crippen LogP contribution in [-0.2, 0) is 0 Å². The SMILES string of the molecule is Cc1cc(C=CC(F)(F)F)cc(C)c1N. The van der Waals surface area contributed by atoms with E-state index in [-0.39, 0.29) is 6.08 Å². The summed E-state index contributed by atoms with van der Waals surface area (Å²) in [6, 6.07) is 3.26. The first kappa shape index (κ1) is 11.6. The molecule has 0 atom stereocenters. The quantitative estimate of drug-likeness (QED) is 0.713. The summed E-state index contributed by atoms with van der Waals surface area (Å²) in [5.74, 6) is 0. The van der Waals surface area contributed by atoms with Crippen LogP contribution in [0.1, 0.15) is 16.7 Å². The molecule has 1 nitrogen and oxygen atoms in total. The molecule has 1 rings (SSSR count). The van der Waals surface area contributed by atoms with Gasteiger partial charge in [-0.15, -0.1) is 0 Å². The van der Waals surface area contributed by atoms with Crippen molar-refractivity contribution in [1.29, 1.82) is 0 Å². The van der Waals surface area contributed by atoms with Crippen LogP contribution in [0.5, 0.6) is 0 Å². The van der Waals surface area contributed by atoms with Gasteiger partial charge in [0.15, 0.2) is 0 Å². The van der Waals surface area contributed by atoms with E-state index >= 15 is 0 Å². The molecule has 0 bridgehead atoms. The summed E-state index contributed by atoms with van der Waals surface area (Å²) in [7, 11) is 0. The summed E-state index contributed by atoms with van der Waals surface area (Å²) in [5.41, 5.74) is 8.40. The van der Waals surface area contributed by atoms with Crippen LogP contribution in [0.15, 0.2) is 18.2 Å². The van der Waals surface area contributed by atoms with Crippen LogP contribution in [0, 0.1) is 13.8 Å². The molecule has 0 radical (unpaired) electrons. The monoisotopic (exact) mass is 215 g/mol. The van der Waals surface area contributed by atoms with Crippen LogP contribution >= 0.6 is 0 Å². The third kappa shape index (κ3) is 3.31. The van der Waals surface area contributed by atoms with Crippen molar-refractivity contribution < 1.29 is 13.2 Å². The van der Waals surface area contributed by atoms with Crippen molar-refractivity contribution in [2.45, 2.75) is 20.0 Å². The molecule has 0 unspecified atom stereocenters. The lowest BCUT2D eigenvalue weighted by molar-refractivity contribution is -0.0790. The van der Waals surface area contributed by atoms with Gasteiger partial charge in [-0.2, -0.15) is 13.2 Å². The van der Waals surface area contributed by atoms with E-state index < -0.39 is 6.18 Å². The summed E-state index contributed by atoms with van der Waals surface area (Å²) in [5, 5.41) is 0. The maximum Gasteiger partial charge on any atom is 0.409 e. The van der Waals surface area contributed by atoms with Crippen molar-refractivity contribution in [2.24, 2.45) is 0 Å². The fourth-order valence-corrected chi connectivity index (χ4v) is 1.30. The Balaban J connectivity index is 3.03. The van der Waals surface area contributed by atoms with Crippen LogP contribution in [0.25, 0.3) is 6.08 Å². The van der Waals surface area contributed by atoms with E-state index in [1.54, 1.807) is 26.0 Å². The highest BCUT2D eigenvalue weighted by Crippen LogP contribution is 2.22. The predicted octanol–water partition coefficient (Wildman–Crippen LogP) is 3.46. The number of alkyl halides is 3. The molecule has 0 spiro atoms. The number of halogens is 3. The first-order valence-corrected chi connectivity index (χ1v) is 4.42. The number of hydrogen-bond acceptors (Lipinski definition) is 1. The molecule has 0 aliphatic rings. The van der Waals surface area contributed by atoms with Crippen molar-refractivity contribution >= 4 is 11.8 Å². The second-order valence-corrected chi connectivity index (χ2v) is 3.44. The molecule has 82 valence electrons. The Hall–Kier alpha value is -1.45. The Morgan fingerprint density at radius 1 is 1.13 bits per heavy atom. The van der Waals surface area contributed by atoms with E-state index in [0.717, 1.165) is 17.2 Å². The highest BCUT2D eigenvalue weighted by atomic mass is 19.4. The first-order valence-electron chi connectivity index (χ1n) is 4.42. The van der Waals surface area contributed by atoms with Crippen molar-refractivity contribution in [3.63, 3.8) is 0 Å². The van der Waals surface area contributed by atoms with Gasteiger partial charge in [0.2, 0.25) is 0 Å². The van der Waals surface area contributed by atoms with Crippen molar-refractivity contribution in [1.82, 2.24) is 0 Å². The van der Waals surface area contributed by atoms with Crippen molar-refractivity contribution in [3.05, 3.63) is 34.9 Å². The Bertz CT molecular complexity index is 368. The number of allylic oxidation sites excluding steroid dienone is 1. The summed E-state index contributed by atoms with van der Waals surface area (Å²) in [6.07, 6.45) is -3.01. The molecule has 0 aliphatic heterocycles. The molecule has 4 heteroatoms. The minimum atomic E-state index is -4.27. The van der Waals surface area contributed by atoms with Crippen LogP contribution in [-0.4, -0.2) is 6.18 Å². The maximum atomic E-state index is 11.9.